The van der Waals surface area contributed by atoms with E-state index in [1.54, 1.807) is 6.07 Å². The molecule has 114 valence electrons. The van der Waals surface area contributed by atoms with Crippen molar-refractivity contribution in [2.45, 2.75) is 32.4 Å². The molecule has 0 fully saturated rings. The first-order valence-electron chi connectivity index (χ1n) is 6.15. The summed E-state index contributed by atoms with van der Waals surface area (Å²) in [5.41, 5.74) is 0.426. The van der Waals surface area contributed by atoms with Crippen LogP contribution in [-0.2, 0) is 4.74 Å². The van der Waals surface area contributed by atoms with Crippen LogP contribution < -0.4 is 10.1 Å². The average molecular weight is 293 g/mol. The smallest absolute Gasteiger partial charge is 0.406 e. The van der Waals surface area contributed by atoms with Crippen LogP contribution in [-0.4, -0.2) is 36.8 Å². The lowest BCUT2D eigenvalue weighted by Gasteiger charge is -2.15. The Morgan fingerprint density at radius 2 is 2.00 bits per heavy atom. The number of nitrogens with one attached hydrogen (secondary N) is 1. The number of halogens is 3. The molecule has 4 nitrogen and oxygen atoms in total. The fraction of sp³-hybridized carbons (Fsp3) is 0.538. The van der Waals surface area contributed by atoms with Gasteiger partial charge in [-0.15, -0.1) is 13.2 Å². The molecule has 0 aromatic heterocycles. The SMILES string of the molecule is CC(C)OCC(O)CNc1cccc(OC(F)(F)F)c1. The van der Waals surface area contributed by atoms with Crippen molar-refractivity contribution in [3.05, 3.63) is 24.3 Å². The number of benzene rings is 1. The molecule has 0 amide bonds. The molecule has 1 aromatic rings. The lowest BCUT2D eigenvalue weighted by atomic mass is 10.3. The fourth-order valence-electron chi connectivity index (χ4n) is 1.40. The van der Waals surface area contributed by atoms with Crippen LogP contribution >= 0.6 is 0 Å². The Balaban J connectivity index is 2.46. The second kappa shape index (κ2) is 7.35. The Kier molecular flexibility index (Phi) is 6.09. The van der Waals surface area contributed by atoms with Gasteiger partial charge in [-0.1, -0.05) is 6.07 Å². The van der Waals surface area contributed by atoms with Gasteiger partial charge in [-0.05, 0) is 26.0 Å². The van der Waals surface area contributed by atoms with Crippen LogP contribution in [0, 0.1) is 0 Å². The molecular formula is C13H18F3NO3. The Morgan fingerprint density at radius 3 is 2.60 bits per heavy atom. The highest BCUT2D eigenvalue weighted by Gasteiger charge is 2.31. The number of aliphatic hydroxyl groups is 1. The molecule has 0 aliphatic rings. The molecule has 0 saturated carbocycles. The molecule has 0 aliphatic carbocycles. The molecule has 0 bridgehead atoms. The van der Waals surface area contributed by atoms with Crippen molar-refractivity contribution in [3.8, 4) is 5.75 Å². The largest absolute Gasteiger partial charge is 0.573 e. The summed E-state index contributed by atoms with van der Waals surface area (Å²) in [5.74, 6) is -0.310. The monoisotopic (exact) mass is 293 g/mol. The topological polar surface area (TPSA) is 50.7 Å². The first-order chi connectivity index (χ1) is 9.26. The van der Waals surface area contributed by atoms with Gasteiger partial charge >= 0.3 is 6.36 Å². The van der Waals surface area contributed by atoms with Gasteiger partial charge in [-0.25, -0.2) is 0 Å². The highest BCUT2D eigenvalue weighted by atomic mass is 19.4. The third-order valence-corrected chi connectivity index (χ3v) is 2.23. The molecule has 1 atom stereocenters. The van der Waals surface area contributed by atoms with Crippen molar-refractivity contribution in [2.24, 2.45) is 0 Å². The molecule has 1 rings (SSSR count). The van der Waals surface area contributed by atoms with Crippen molar-refractivity contribution in [1.82, 2.24) is 0 Å². The van der Waals surface area contributed by atoms with Gasteiger partial charge in [0.1, 0.15) is 5.75 Å². The third-order valence-electron chi connectivity index (χ3n) is 2.23. The van der Waals surface area contributed by atoms with Gasteiger partial charge in [0.05, 0.1) is 18.8 Å². The van der Waals surface area contributed by atoms with Crippen LogP contribution in [0.2, 0.25) is 0 Å². The van der Waals surface area contributed by atoms with E-state index in [9.17, 15) is 18.3 Å². The second-order valence-electron chi connectivity index (χ2n) is 4.49. The highest BCUT2D eigenvalue weighted by molar-refractivity contribution is 5.48. The summed E-state index contributed by atoms with van der Waals surface area (Å²) in [6, 6.07) is 5.43. The summed E-state index contributed by atoms with van der Waals surface area (Å²) >= 11 is 0. The molecule has 20 heavy (non-hydrogen) atoms. The molecule has 7 heteroatoms. The van der Waals surface area contributed by atoms with Crippen LogP contribution in [0.1, 0.15) is 13.8 Å². The molecule has 0 saturated heterocycles. The number of ether oxygens (including phenoxy) is 2. The predicted octanol–water partition coefficient (Wildman–Crippen LogP) is 2.78. The first kappa shape index (κ1) is 16.6. The van der Waals surface area contributed by atoms with E-state index in [0.717, 1.165) is 0 Å². The van der Waals surface area contributed by atoms with E-state index in [1.807, 2.05) is 13.8 Å². The molecule has 2 N–H and O–H groups in total. The predicted molar refractivity (Wildman–Crippen MR) is 68.7 cm³/mol. The van der Waals surface area contributed by atoms with E-state index in [2.05, 4.69) is 10.1 Å². The highest BCUT2D eigenvalue weighted by Crippen LogP contribution is 2.24. The molecular weight excluding hydrogens is 275 g/mol. The summed E-state index contributed by atoms with van der Waals surface area (Å²) in [6.45, 7) is 4.02. The van der Waals surface area contributed by atoms with Gasteiger partial charge in [0.25, 0.3) is 0 Å². The summed E-state index contributed by atoms with van der Waals surface area (Å²) in [5, 5.41) is 12.4. The van der Waals surface area contributed by atoms with Crippen molar-refractivity contribution in [1.29, 1.82) is 0 Å². The zero-order valence-corrected chi connectivity index (χ0v) is 11.3. The average Bonchev–Trinajstić information content (AvgIpc) is 2.32. The minimum Gasteiger partial charge on any atom is -0.406 e. The van der Waals surface area contributed by atoms with Crippen LogP contribution in [0.25, 0.3) is 0 Å². The molecule has 0 spiro atoms. The van der Waals surface area contributed by atoms with Gasteiger partial charge in [-0.3, -0.25) is 0 Å². The summed E-state index contributed by atoms with van der Waals surface area (Å²) < 4.78 is 45.2. The molecule has 0 aliphatic heterocycles. The van der Waals surface area contributed by atoms with Gasteiger partial charge < -0.3 is 19.9 Å². The van der Waals surface area contributed by atoms with Gasteiger partial charge in [-0.2, -0.15) is 0 Å². The number of hydrogen-bond donors (Lipinski definition) is 2. The van der Waals surface area contributed by atoms with Crippen LogP contribution in [0.5, 0.6) is 5.75 Å². The Hall–Kier alpha value is -1.47. The van der Waals surface area contributed by atoms with E-state index in [-0.39, 0.29) is 25.0 Å². The first-order valence-corrected chi connectivity index (χ1v) is 6.15. The minimum atomic E-state index is -4.72. The standard InChI is InChI=1S/C13H18F3NO3/c1-9(2)19-8-11(18)7-17-10-4-3-5-12(6-10)20-13(14,15)16/h3-6,9,11,17-18H,7-8H2,1-2H3. The van der Waals surface area contributed by atoms with Gasteiger partial charge in [0, 0.05) is 18.3 Å². The maximum atomic E-state index is 12.1. The van der Waals surface area contributed by atoms with Crippen LogP contribution in [0.15, 0.2) is 24.3 Å². The third kappa shape index (κ3) is 7.20. The fourth-order valence-corrected chi connectivity index (χ4v) is 1.40. The normalized spacial score (nSPS) is 13.3. The quantitative estimate of drug-likeness (QED) is 0.811. The van der Waals surface area contributed by atoms with E-state index in [4.69, 9.17) is 4.74 Å². The summed E-state index contributed by atoms with van der Waals surface area (Å²) in [7, 11) is 0. The zero-order chi connectivity index (χ0) is 15.2. The minimum absolute atomic E-state index is 0.00756. The van der Waals surface area contributed by atoms with Crippen molar-refractivity contribution < 1.29 is 27.8 Å². The van der Waals surface area contributed by atoms with E-state index >= 15 is 0 Å². The van der Waals surface area contributed by atoms with E-state index in [1.165, 1.54) is 18.2 Å². The van der Waals surface area contributed by atoms with Crippen molar-refractivity contribution in [3.63, 3.8) is 0 Å². The Morgan fingerprint density at radius 1 is 1.30 bits per heavy atom. The lowest BCUT2D eigenvalue weighted by molar-refractivity contribution is -0.274. The van der Waals surface area contributed by atoms with Crippen molar-refractivity contribution in [2.75, 3.05) is 18.5 Å². The molecule has 0 heterocycles. The van der Waals surface area contributed by atoms with Crippen LogP contribution in [0.3, 0.4) is 0 Å². The zero-order valence-electron chi connectivity index (χ0n) is 11.3. The van der Waals surface area contributed by atoms with Crippen LogP contribution in [0.4, 0.5) is 18.9 Å². The molecule has 1 aromatic carbocycles. The Labute approximate surface area is 115 Å². The number of hydrogen-bond acceptors (Lipinski definition) is 4. The van der Waals surface area contributed by atoms with Gasteiger partial charge in [0.2, 0.25) is 0 Å². The number of alkyl halides is 3. The van der Waals surface area contributed by atoms with E-state index in [0.29, 0.717) is 5.69 Å². The van der Waals surface area contributed by atoms with E-state index < -0.39 is 12.5 Å². The molecule has 0 radical (unpaired) electrons. The second-order valence-corrected chi connectivity index (χ2v) is 4.49. The lowest BCUT2D eigenvalue weighted by Crippen LogP contribution is -2.26. The summed E-state index contributed by atoms with van der Waals surface area (Å²) in [4.78, 5) is 0. The van der Waals surface area contributed by atoms with Crippen molar-refractivity contribution >= 4 is 5.69 Å². The molecule has 1 unspecified atom stereocenters. The maximum absolute atomic E-state index is 12.1. The number of aliphatic hydroxyl groups excluding tert-OH is 1. The summed E-state index contributed by atoms with van der Waals surface area (Å²) in [6.07, 6.45) is -5.46. The number of rotatable bonds is 7. The van der Waals surface area contributed by atoms with Gasteiger partial charge in [0.15, 0.2) is 0 Å². The Bertz CT molecular complexity index is 410. The number of anilines is 1. The maximum Gasteiger partial charge on any atom is 0.573 e.